The molecule has 1 saturated heterocycles. The summed E-state index contributed by atoms with van der Waals surface area (Å²) in [5.74, 6) is 0. The van der Waals surface area contributed by atoms with Crippen molar-refractivity contribution in [1.82, 2.24) is 0 Å². The molecule has 0 amide bonds. The first kappa shape index (κ1) is 15.6. The second kappa shape index (κ2) is 6.15. The Morgan fingerprint density at radius 2 is 1.88 bits per heavy atom. The molecule has 0 spiro atoms. The molecule has 1 heterocycles. The molecule has 1 aliphatic heterocycles. The molecule has 0 aromatic heterocycles. The number of ether oxygens (including phenoxy) is 3. The Hall–Kier alpha value is 0.580. The smallest absolute Gasteiger partial charge is 0.308 e. The van der Waals surface area contributed by atoms with Gasteiger partial charge in [0.05, 0.1) is 25.9 Å². The van der Waals surface area contributed by atoms with Gasteiger partial charge in [-0.25, -0.2) is 0 Å². The maximum absolute atomic E-state index is 9.46. The SMILES string of the molecule is CC(O)C(O)COC1(PS)OCC(C)(C)CO1. The highest BCUT2D eigenvalue weighted by Gasteiger charge is 2.41. The van der Waals surface area contributed by atoms with Gasteiger partial charge in [-0.2, -0.15) is 0 Å². The molecular weight excluding hydrogens is 263 g/mol. The number of aliphatic hydroxyl groups excluding tert-OH is 2. The highest BCUT2D eigenvalue weighted by molar-refractivity contribution is 8.38. The van der Waals surface area contributed by atoms with E-state index in [2.05, 4.69) is 12.2 Å². The summed E-state index contributed by atoms with van der Waals surface area (Å²) in [6.07, 6.45) is -1.81. The Bertz CT molecular complexity index is 239. The molecule has 0 saturated carbocycles. The standard InChI is InChI=1S/C10H21O5PS/c1-7(11)8(12)4-13-10(16-17)14-5-9(2,3)6-15-10/h7-8,11-12,16-17H,4-6H2,1-3H3. The first-order valence-electron chi connectivity index (χ1n) is 5.49. The third kappa shape index (κ3) is 4.63. The van der Waals surface area contributed by atoms with E-state index in [0.29, 0.717) is 13.2 Å². The van der Waals surface area contributed by atoms with Crippen LogP contribution < -0.4 is 0 Å². The zero-order chi connectivity index (χ0) is 13.1. The molecular formula is C10H21O5PS. The average Bonchev–Trinajstić information content (AvgIpc) is 2.28. The largest absolute Gasteiger partial charge is 0.391 e. The number of hydrogen-bond acceptors (Lipinski definition) is 6. The minimum absolute atomic E-state index is 0.0186. The fourth-order valence-corrected chi connectivity index (χ4v) is 2.18. The Labute approximate surface area is 109 Å². The molecule has 17 heavy (non-hydrogen) atoms. The van der Waals surface area contributed by atoms with Crippen molar-refractivity contribution < 1.29 is 24.4 Å². The molecule has 0 aromatic rings. The third-order valence-electron chi connectivity index (χ3n) is 2.44. The van der Waals surface area contributed by atoms with Crippen LogP contribution in [-0.2, 0) is 14.2 Å². The van der Waals surface area contributed by atoms with E-state index in [9.17, 15) is 5.11 Å². The molecule has 0 aliphatic carbocycles. The number of hydrogen-bond donors (Lipinski definition) is 3. The molecule has 0 aromatic carbocycles. The highest BCUT2D eigenvalue weighted by Crippen LogP contribution is 2.44. The summed E-state index contributed by atoms with van der Waals surface area (Å²) in [7, 11) is -0.0186. The van der Waals surface area contributed by atoms with Crippen LogP contribution in [0.3, 0.4) is 0 Å². The molecule has 102 valence electrons. The summed E-state index contributed by atoms with van der Waals surface area (Å²) < 4.78 is 16.5. The highest BCUT2D eigenvalue weighted by atomic mass is 32.7. The number of rotatable bonds is 5. The van der Waals surface area contributed by atoms with E-state index in [4.69, 9.17) is 19.3 Å². The van der Waals surface area contributed by atoms with Crippen molar-refractivity contribution in [3.63, 3.8) is 0 Å². The zero-order valence-electron chi connectivity index (χ0n) is 10.3. The van der Waals surface area contributed by atoms with Crippen LogP contribution in [0.25, 0.3) is 0 Å². The van der Waals surface area contributed by atoms with Crippen molar-refractivity contribution in [1.29, 1.82) is 0 Å². The van der Waals surface area contributed by atoms with Gasteiger partial charge in [0.15, 0.2) is 0 Å². The topological polar surface area (TPSA) is 68.2 Å². The lowest BCUT2D eigenvalue weighted by Crippen LogP contribution is -2.47. The lowest BCUT2D eigenvalue weighted by Gasteiger charge is -2.42. The summed E-state index contributed by atoms with van der Waals surface area (Å²) in [5.41, 5.74) is -1.24. The van der Waals surface area contributed by atoms with Gasteiger partial charge in [-0.15, -0.1) is 12.2 Å². The van der Waals surface area contributed by atoms with E-state index in [1.165, 1.54) is 6.92 Å². The van der Waals surface area contributed by atoms with Crippen molar-refractivity contribution in [3.05, 3.63) is 0 Å². The van der Waals surface area contributed by atoms with Gasteiger partial charge in [-0.1, -0.05) is 13.8 Å². The van der Waals surface area contributed by atoms with Crippen LogP contribution in [0.1, 0.15) is 20.8 Å². The lowest BCUT2D eigenvalue weighted by atomic mass is 9.96. The molecule has 1 rings (SSSR count). The second-order valence-electron chi connectivity index (χ2n) is 5.03. The van der Waals surface area contributed by atoms with Gasteiger partial charge in [0.2, 0.25) is 0 Å². The van der Waals surface area contributed by atoms with Gasteiger partial charge < -0.3 is 24.4 Å². The van der Waals surface area contributed by atoms with E-state index < -0.39 is 17.9 Å². The van der Waals surface area contributed by atoms with Gasteiger partial charge in [0, 0.05) is 13.2 Å². The van der Waals surface area contributed by atoms with Gasteiger partial charge >= 0.3 is 5.71 Å². The summed E-state index contributed by atoms with van der Waals surface area (Å²) in [5, 5.41) is 18.6. The number of thiol groups is 1. The Kier molecular flexibility index (Phi) is 5.66. The lowest BCUT2D eigenvalue weighted by molar-refractivity contribution is -0.367. The quantitative estimate of drug-likeness (QED) is 0.518. The Morgan fingerprint density at radius 1 is 1.35 bits per heavy atom. The summed E-state index contributed by atoms with van der Waals surface area (Å²) >= 11 is 4.17. The van der Waals surface area contributed by atoms with E-state index in [1.54, 1.807) is 0 Å². The Balaban J connectivity index is 2.48. The molecule has 5 nitrogen and oxygen atoms in total. The molecule has 1 aliphatic rings. The van der Waals surface area contributed by atoms with Crippen LogP contribution in [0.4, 0.5) is 0 Å². The Morgan fingerprint density at radius 3 is 2.29 bits per heavy atom. The normalized spacial score (nSPS) is 27.2. The van der Waals surface area contributed by atoms with E-state index >= 15 is 0 Å². The number of aliphatic hydroxyl groups is 2. The molecule has 0 bridgehead atoms. The minimum atomic E-state index is -1.19. The average molecular weight is 284 g/mol. The van der Waals surface area contributed by atoms with Crippen LogP contribution in [0.5, 0.6) is 0 Å². The van der Waals surface area contributed by atoms with Crippen molar-refractivity contribution in [3.8, 4) is 0 Å². The maximum Gasteiger partial charge on any atom is 0.308 e. The molecule has 2 N–H and O–H groups in total. The summed E-state index contributed by atoms with van der Waals surface area (Å²) in [4.78, 5) is 0. The van der Waals surface area contributed by atoms with Crippen LogP contribution in [0, 0.1) is 5.41 Å². The van der Waals surface area contributed by atoms with Gasteiger partial charge in [-0.05, 0) is 6.92 Å². The third-order valence-corrected chi connectivity index (χ3v) is 3.97. The molecule has 7 heteroatoms. The molecule has 3 atom stereocenters. The molecule has 1 fully saturated rings. The van der Waals surface area contributed by atoms with Crippen LogP contribution in [0.2, 0.25) is 0 Å². The predicted octanol–water partition coefficient (Wildman–Crippen LogP) is 0.952. The maximum atomic E-state index is 9.46. The van der Waals surface area contributed by atoms with Crippen molar-refractivity contribution in [2.24, 2.45) is 5.41 Å². The van der Waals surface area contributed by atoms with Crippen molar-refractivity contribution in [2.45, 2.75) is 38.7 Å². The van der Waals surface area contributed by atoms with Crippen molar-refractivity contribution in [2.75, 3.05) is 19.8 Å². The van der Waals surface area contributed by atoms with Crippen molar-refractivity contribution >= 4 is 20.0 Å². The predicted molar refractivity (Wildman–Crippen MR) is 69.4 cm³/mol. The van der Waals surface area contributed by atoms with E-state index in [-0.39, 0.29) is 19.8 Å². The van der Waals surface area contributed by atoms with Crippen LogP contribution in [-0.4, -0.2) is 48.0 Å². The minimum Gasteiger partial charge on any atom is -0.391 e. The van der Waals surface area contributed by atoms with Gasteiger partial charge in [-0.3, -0.25) is 0 Å². The van der Waals surface area contributed by atoms with E-state index in [0.717, 1.165) is 0 Å². The monoisotopic (exact) mass is 284 g/mol. The second-order valence-corrected chi connectivity index (χ2v) is 6.54. The molecule has 0 radical (unpaired) electrons. The summed E-state index contributed by atoms with van der Waals surface area (Å²) in [6.45, 7) is 6.52. The van der Waals surface area contributed by atoms with Gasteiger partial charge in [0.1, 0.15) is 6.10 Å². The first-order valence-corrected chi connectivity index (χ1v) is 7.78. The first-order chi connectivity index (χ1) is 7.80. The van der Waals surface area contributed by atoms with Crippen LogP contribution >= 0.6 is 20.0 Å². The fraction of sp³-hybridized carbons (Fsp3) is 1.00. The fourth-order valence-electron chi connectivity index (χ4n) is 1.18. The van der Waals surface area contributed by atoms with Gasteiger partial charge in [0.25, 0.3) is 0 Å². The van der Waals surface area contributed by atoms with Crippen LogP contribution in [0.15, 0.2) is 0 Å². The zero-order valence-corrected chi connectivity index (χ0v) is 12.2. The van der Waals surface area contributed by atoms with E-state index in [1.807, 2.05) is 13.8 Å². The molecule has 3 unspecified atom stereocenters. The summed E-state index contributed by atoms with van der Waals surface area (Å²) in [6, 6.07) is 0.